The molecule has 8 nitrogen and oxygen atoms in total. The lowest BCUT2D eigenvalue weighted by atomic mass is 9.97. The number of piperidine rings is 1. The zero-order chi connectivity index (χ0) is 21.6. The van der Waals surface area contributed by atoms with Crippen LogP contribution >= 0.6 is 0 Å². The fourth-order valence-electron chi connectivity index (χ4n) is 3.47. The van der Waals surface area contributed by atoms with Crippen LogP contribution in [0.5, 0.6) is 0 Å². The number of rotatable bonds is 7. The largest absolute Gasteiger partial charge is 0.465 e. The van der Waals surface area contributed by atoms with Crippen molar-refractivity contribution in [3.8, 4) is 0 Å². The molecule has 2 heterocycles. The van der Waals surface area contributed by atoms with Gasteiger partial charge in [0, 0.05) is 43.9 Å². The normalized spacial score (nSPS) is 15.5. The van der Waals surface area contributed by atoms with Gasteiger partial charge in [0.2, 0.25) is 15.9 Å². The van der Waals surface area contributed by atoms with Gasteiger partial charge in [-0.25, -0.2) is 13.2 Å². The maximum Gasteiger partial charge on any atom is 0.339 e. The number of esters is 1. The molecule has 0 atom stereocenters. The van der Waals surface area contributed by atoms with Crippen molar-refractivity contribution in [2.75, 3.05) is 26.7 Å². The lowest BCUT2D eigenvalue weighted by molar-refractivity contribution is -0.126. The lowest BCUT2D eigenvalue weighted by Gasteiger charge is -2.31. The van der Waals surface area contributed by atoms with E-state index < -0.39 is 16.0 Å². The van der Waals surface area contributed by atoms with E-state index >= 15 is 0 Å². The lowest BCUT2D eigenvalue weighted by Crippen LogP contribution is -2.43. The van der Waals surface area contributed by atoms with Crippen LogP contribution in [0.4, 0.5) is 0 Å². The minimum atomic E-state index is -3.86. The van der Waals surface area contributed by atoms with Gasteiger partial charge in [0.05, 0.1) is 17.6 Å². The molecule has 0 radical (unpaired) electrons. The van der Waals surface area contributed by atoms with Crippen LogP contribution in [0, 0.1) is 5.92 Å². The van der Waals surface area contributed by atoms with Crippen LogP contribution in [0.25, 0.3) is 0 Å². The van der Waals surface area contributed by atoms with E-state index in [-0.39, 0.29) is 35.4 Å². The molecule has 1 N–H and O–H groups in total. The number of amides is 1. The van der Waals surface area contributed by atoms with Gasteiger partial charge in [-0.3, -0.25) is 9.78 Å². The quantitative estimate of drug-likeness (QED) is 0.668. The first kappa shape index (κ1) is 21.9. The van der Waals surface area contributed by atoms with Crippen molar-refractivity contribution in [1.29, 1.82) is 0 Å². The predicted octanol–water partition coefficient (Wildman–Crippen LogP) is 1.63. The summed E-state index contributed by atoms with van der Waals surface area (Å²) in [5.41, 5.74) is 0.914. The summed E-state index contributed by atoms with van der Waals surface area (Å²) in [4.78, 5) is 28.5. The molecule has 30 heavy (non-hydrogen) atoms. The Bertz CT molecular complexity index is 987. The molecule has 0 unspecified atom stereocenters. The van der Waals surface area contributed by atoms with Gasteiger partial charge in [-0.15, -0.1) is 0 Å². The molecule has 1 aliphatic heterocycles. The first-order chi connectivity index (χ1) is 14.4. The van der Waals surface area contributed by atoms with E-state index in [0.29, 0.717) is 25.8 Å². The molecule has 9 heteroatoms. The van der Waals surface area contributed by atoms with Gasteiger partial charge < -0.3 is 10.1 Å². The average molecular weight is 432 g/mol. The Hall–Kier alpha value is -2.78. The number of benzene rings is 1. The maximum atomic E-state index is 13.0. The number of nitrogens with zero attached hydrogens (tertiary/aromatic N) is 2. The summed E-state index contributed by atoms with van der Waals surface area (Å²) in [5.74, 6) is -1.01. The van der Waals surface area contributed by atoms with Crippen LogP contribution in [0.15, 0.2) is 53.6 Å². The Morgan fingerprint density at radius 1 is 1.13 bits per heavy atom. The predicted molar refractivity (Wildman–Crippen MR) is 110 cm³/mol. The molecule has 1 amide bonds. The number of sulfonamides is 1. The molecule has 1 aromatic carbocycles. The van der Waals surface area contributed by atoms with Crippen molar-refractivity contribution in [1.82, 2.24) is 14.6 Å². The summed E-state index contributed by atoms with van der Waals surface area (Å²) in [6.45, 7) is 0.924. The number of aromatic nitrogens is 1. The van der Waals surface area contributed by atoms with E-state index in [9.17, 15) is 18.0 Å². The van der Waals surface area contributed by atoms with Gasteiger partial charge in [-0.05, 0) is 37.1 Å². The highest BCUT2D eigenvalue weighted by molar-refractivity contribution is 7.89. The van der Waals surface area contributed by atoms with Gasteiger partial charge in [0.25, 0.3) is 0 Å². The van der Waals surface area contributed by atoms with Crippen LogP contribution in [0.2, 0.25) is 0 Å². The number of hydrogen-bond donors (Lipinski definition) is 1. The molecule has 1 fully saturated rings. The molecule has 1 aliphatic rings. The van der Waals surface area contributed by atoms with Crippen LogP contribution in [0.3, 0.4) is 0 Å². The minimum Gasteiger partial charge on any atom is -0.465 e. The van der Waals surface area contributed by atoms with E-state index in [2.05, 4.69) is 10.3 Å². The van der Waals surface area contributed by atoms with Crippen molar-refractivity contribution >= 4 is 21.9 Å². The number of carbonyl (C=O) groups is 2. The standard InChI is InChI=1S/C21H25N3O5S/c1-29-21(26)18-7-2-3-8-19(18)30(27,28)24-14-10-16(11-15-24)20(25)23-13-9-17-6-4-5-12-22-17/h2-8,12,16H,9-11,13-15H2,1H3,(H,23,25). The van der Waals surface area contributed by atoms with Gasteiger partial charge in [-0.2, -0.15) is 4.31 Å². The number of ether oxygens (including phenoxy) is 1. The molecular formula is C21H25N3O5S. The molecule has 160 valence electrons. The zero-order valence-electron chi connectivity index (χ0n) is 16.8. The summed E-state index contributed by atoms with van der Waals surface area (Å²) in [6.07, 6.45) is 3.21. The van der Waals surface area contributed by atoms with E-state index in [1.807, 2.05) is 18.2 Å². The number of carbonyl (C=O) groups excluding carboxylic acids is 2. The highest BCUT2D eigenvalue weighted by Gasteiger charge is 2.34. The van der Waals surface area contributed by atoms with Crippen molar-refractivity contribution in [3.05, 3.63) is 59.9 Å². The molecular weight excluding hydrogens is 406 g/mol. The summed E-state index contributed by atoms with van der Waals surface area (Å²) < 4.78 is 32.1. The Morgan fingerprint density at radius 2 is 1.83 bits per heavy atom. The van der Waals surface area contributed by atoms with Crippen LogP contribution in [-0.4, -0.2) is 56.3 Å². The molecule has 1 saturated heterocycles. The third kappa shape index (κ3) is 5.03. The molecule has 0 spiro atoms. The first-order valence-corrected chi connectivity index (χ1v) is 11.2. The zero-order valence-corrected chi connectivity index (χ0v) is 17.6. The van der Waals surface area contributed by atoms with E-state index in [4.69, 9.17) is 4.74 Å². The maximum absolute atomic E-state index is 13.0. The van der Waals surface area contributed by atoms with Gasteiger partial charge in [0.1, 0.15) is 0 Å². The SMILES string of the molecule is COC(=O)c1ccccc1S(=O)(=O)N1CCC(C(=O)NCCc2ccccn2)CC1. The van der Waals surface area contributed by atoms with Gasteiger partial charge in [0.15, 0.2) is 0 Å². The second kappa shape index (κ2) is 9.82. The molecule has 0 saturated carbocycles. The molecule has 0 aliphatic carbocycles. The number of pyridine rings is 1. The highest BCUT2D eigenvalue weighted by atomic mass is 32.2. The second-order valence-electron chi connectivity index (χ2n) is 7.03. The third-order valence-electron chi connectivity index (χ3n) is 5.14. The van der Waals surface area contributed by atoms with E-state index in [1.165, 1.54) is 23.5 Å². The monoisotopic (exact) mass is 431 g/mol. The topological polar surface area (TPSA) is 106 Å². The van der Waals surface area contributed by atoms with Crippen molar-refractivity contribution in [2.45, 2.75) is 24.2 Å². The van der Waals surface area contributed by atoms with E-state index in [0.717, 1.165) is 5.69 Å². The Labute approximate surface area is 176 Å². The fourth-order valence-corrected chi connectivity index (χ4v) is 5.12. The fraction of sp³-hybridized carbons (Fsp3) is 0.381. The van der Waals surface area contributed by atoms with Crippen LogP contribution in [0.1, 0.15) is 28.9 Å². The number of nitrogens with one attached hydrogen (secondary N) is 1. The minimum absolute atomic E-state index is 0.00869. The molecule has 2 aromatic rings. The number of methoxy groups -OCH3 is 1. The Balaban J connectivity index is 1.57. The van der Waals surface area contributed by atoms with Crippen molar-refractivity contribution in [2.24, 2.45) is 5.92 Å². The summed E-state index contributed by atoms with van der Waals surface area (Å²) in [6, 6.07) is 11.6. The van der Waals surface area contributed by atoms with Gasteiger partial charge in [-0.1, -0.05) is 18.2 Å². The molecule has 3 rings (SSSR count). The van der Waals surface area contributed by atoms with Crippen LogP contribution in [-0.2, 0) is 26.0 Å². The summed E-state index contributed by atoms with van der Waals surface area (Å²) in [5, 5.41) is 2.91. The number of hydrogen-bond acceptors (Lipinski definition) is 6. The highest BCUT2D eigenvalue weighted by Crippen LogP contribution is 2.26. The third-order valence-corrected chi connectivity index (χ3v) is 7.10. The van der Waals surface area contributed by atoms with Crippen molar-refractivity contribution < 1.29 is 22.7 Å². The smallest absolute Gasteiger partial charge is 0.339 e. The second-order valence-corrected chi connectivity index (χ2v) is 8.93. The summed E-state index contributed by atoms with van der Waals surface area (Å²) >= 11 is 0. The van der Waals surface area contributed by atoms with Crippen LogP contribution < -0.4 is 5.32 Å². The summed E-state index contributed by atoms with van der Waals surface area (Å²) in [7, 11) is -2.65. The Morgan fingerprint density at radius 3 is 2.50 bits per heavy atom. The first-order valence-electron chi connectivity index (χ1n) is 9.78. The van der Waals surface area contributed by atoms with Gasteiger partial charge >= 0.3 is 5.97 Å². The Kier molecular flexibility index (Phi) is 7.17. The van der Waals surface area contributed by atoms with E-state index in [1.54, 1.807) is 18.3 Å². The molecule has 0 bridgehead atoms. The van der Waals surface area contributed by atoms with Crippen molar-refractivity contribution in [3.63, 3.8) is 0 Å². The molecule has 1 aromatic heterocycles. The average Bonchev–Trinajstić information content (AvgIpc) is 2.79.